The number of para-hydroxylation sites is 1. The van der Waals surface area contributed by atoms with Crippen molar-refractivity contribution in [3.05, 3.63) is 121 Å². The van der Waals surface area contributed by atoms with E-state index in [4.69, 9.17) is 15.0 Å². The summed E-state index contributed by atoms with van der Waals surface area (Å²) in [6.45, 7) is 0. The topological polar surface area (TPSA) is 43.6 Å². The summed E-state index contributed by atoms with van der Waals surface area (Å²) in [7, 11) is 0. The number of benzene rings is 5. The van der Waals surface area contributed by atoms with Crippen LogP contribution in [0, 0.1) is 0 Å². The first-order valence-electron chi connectivity index (χ1n) is 13.5. The number of rotatable bonds is 3. The van der Waals surface area contributed by atoms with Gasteiger partial charge in [0.15, 0.2) is 11.6 Å². The number of fused-ring (bicyclic) bond motifs is 9. The summed E-state index contributed by atoms with van der Waals surface area (Å²) >= 11 is 3.75. The van der Waals surface area contributed by atoms with Crippen LogP contribution in [0.5, 0.6) is 0 Å². The Morgan fingerprint density at radius 3 is 1.76 bits per heavy atom. The molecule has 41 heavy (non-hydrogen) atoms. The Morgan fingerprint density at radius 1 is 0.439 bits per heavy atom. The molecular formula is C35H20N4S2. The second-order valence-corrected chi connectivity index (χ2v) is 12.1. The largest absolute Gasteiger partial charge is 0.276 e. The van der Waals surface area contributed by atoms with Gasteiger partial charge in [-0.3, -0.25) is 4.57 Å². The standard InChI is InChI=1S/C35H20N4S2/c1-3-11-21(12-4-1)33-36-34(22-13-5-2-6-14-22)38-35(37-33)39-27-17-9-7-15-23(27)24-19-20-26-30(29(24)39)41-31-25-16-8-10-18-28(25)40-32(26)31/h1-20H. The lowest BCUT2D eigenvalue weighted by molar-refractivity contribution is 0.955. The first kappa shape index (κ1) is 22.9. The van der Waals surface area contributed by atoms with Crippen LogP contribution in [0.2, 0.25) is 0 Å². The molecule has 0 aliphatic heterocycles. The predicted molar refractivity (Wildman–Crippen MR) is 173 cm³/mol. The highest BCUT2D eigenvalue weighted by Gasteiger charge is 2.22. The smallest absolute Gasteiger partial charge is 0.238 e. The normalized spacial score (nSPS) is 11.9. The minimum atomic E-state index is 0.623. The maximum Gasteiger partial charge on any atom is 0.238 e. The molecule has 0 aliphatic rings. The van der Waals surface area contributed by atoms with E-state index in [1.165, 1.54) is 40.3 Å². The van der Waals surface area contributed by atoms with Gasteiger partial charge in [0.05, 0.1) is 25.1 Å². The van der Waals surface area contributed by atoms with E-state index in [1.807, 2.05) is 59.1 Å². The molecule has 0 radical (unpaired) electrons. The SMILES string of the molecule is c1ccc(-c2nc(-c3ccccc3)nc(-n3c4ccccc4c4ccc5c6sc7ccccc7c6sc5c43)n2)cc1. The maximum atomic E-state index is 5.12. The minimum Gasteiger partial charge on any atom is -0.276 e. The third kappa shape index (κ3) is 3.41. The van der Waals surface area contributed by atoms with Crippen molar-refractivity contribution in [2.45, 2.75) is 0 Å². The van der Waals surface area contributed by atoms with Crippen LogP contribution in [0.4, 0.5) is 0 Å². The Kier molecular flexibility index (Phi) is 4.90. The van der Waals surface area contributed by atoms with Crippen molar-refractivity contribution >= 4 is 74.1 Å². The van der Waals surface area contributed by atoms with Crippen molar-refractivity contribution < 1.29 is 0 Å². The molecule has 5 aromatic carbocycles. The Bertz CT molecular complexity index is 2360. The quantitative estimate of drug-likeness (QED) is 0.216. The lowest BCUT2D eigenvalue weighted by atomic mass is 10.1. The number of hydrogen-bond acceptors (Lipinski definition) is 5. The number of thiophene rings is 2. The first-order valence-corrected chi connectivity index (χ1v) is 15.1. The highest BCUT2D eigenvalue weighted by atomic mass is 32.1. The molecule has 9 aromatic rings. The summed E-state index contributed by atoms with van der Waals surface area (Å²) in [5.41, 5.74) is 4.15. The van der Waals surface area contributed by atoms with Gasteiger partial charge < -0.3 is 0 Å². The zero-order valence-electron chi connectivity index (χ0n) is 21.7. The number of hydrogen-bond donors (Lipinski definition) is 0. The highest BCUT2D eigenvalue weighted by molar-refractivity contribution is 7.37. The molecule has 192 valence electrons. The molecule has 0 atom stereocenters. The monoisotopic (exact) mass is 560 g/mol. The van der Waals surface area contributed by atoms with Crippen LogP contribution < -0.4 is 0 Å². The molecule has 4 aromatic heterocycles. The van der Waals surface area contributed by atoms with Crippen molar-refractivity contribution in [1.82, 2.24) is 19.5 Å². The molecule has 0 saturated carbocycles. The van der Waals surface area contributed by atoms with Gasteiger partial charge in [-0.25, -0.2) is 4.98 Å². The van der Waals surface area contributed by atoms with Crippen LogP contribution in [-0.4, -0.2) is 19.5 Å². The molecule has 0 aliphatic carbocycles. The first-order chi connectivity index (χ1) is 20.3. The second-order valence-electron chi connectivity index (χ2n) is 10.1. The van der Waals surface area contributed by atoms with E-state index < -0.39 is 0 Å². The fourth-order valence-corrected chi connectivity index (χ4v) is 8.60. The van der Waals surface area contributed by atoms with Gasteiger partial charge in [-0.15, -0.1) is 22.7 Å². The van der Waals surface area contributed by atoms with Crippen molar-refractivity contribution in [2.75, 3.05) is 0 Å². The minimum absolute atomic E-state index is 0.623. The van der Waals surface area contributed by atoms with Crippen LogP contribution >= 0.6 is 22.7 Å². The lowest BCUT2D eigenvalue weighted by Crippen LogP contribution is -2.06. The number of aromatic nitrogens is 4. The van der Waals surface area contributed by atoms with Gasteiger partial charge in [-0.2, -0.15) is 9.97 Å². The molecule has 0 N–H and O–H groups in total. The van der Waals surface area contributed by atoms with Crippen molar-refractivity contribution in [2.24, 2.45) is 0 Å². The summed E-state index contributed by atoms with van der Waals surface area (Å²) in [6, 6.07) is 42.1. The van der Waals surface area contributed by atoms with Crippen LogP contribution in [0.3, 0.4) is 0 Å². The van der Waals surface area contributed by atoms with Crippen molar-refractivity contribution in [3.8, 4) is 28.7 Å². The molecule has 0 bridgehead atoms. The Morgan fingerprint density at radius 2 is 1.02 bits per heavy atom. The fourth-order valence-electron chi connectivity index (χ4n) is 5.82. The van der Waals surface area contributed by atoms with Gasteiger partial charge in [0, 0.05) is 37.4 Å². The van der Waals surface area contributed by atoms with Gasteiger partial charge in [0.2, 0.25) is 5.95 Å². The van der Waals surface area contributed by atoms with E-state index in [-0.39, 0.29) is 0 Å². The average molecular weight is 561 g/mol. The highest BCUT2D eigenvalue weighted by Crippen LogP contribution is 2.48. The second kappa shape index (κ2) is 8.80. The van der Waals surface area contributed by atoms with E-state index in [9.17, 15) is 0 Å². The van der Waals surface area contributed by atoms with Crippen LogP contribution in [-0.2, 0) is 0 Å². The van der Waals surface area contributed by atoms with Gasteiger partial charge in [0.1, 0.15) is 0 Å². The summed E-state index contributed by atoms with van der Waals surface area (Å²) < 4.78 is 7.52. The molecule has 0 saturated heterocycles. The molecule has 0 unspecified atom stereocenters. The van der Waals surface area contributed by atoms with Crippen molar-refractivity contribution in [1.29, 1.82) is 0 Å². The van der Waals surface area contributed by atoms with Gasteiger partial charge >= 0.3 is 0 Å². The Hall–Kier alpha value is -4.91. The average Bonchev–Trinajstić information content (AvgIpc) is 3.70. The van der Waals surface area contributed by atoms with Gasteiger partial charge in [0.25, 0.3) is 0 Å². The van der Waals surface area contributed by atoms with Gasteiger partial charge in [-0.1, -0.05) is 109 Å². The summed E-state index contributed by atoms with van der Waals surface area (Å²) in [5, 5.41) is 4.99. The molecule has 9 rings (SSSR count). The molecule has 0 amide bonds. The van der Waals surface area contributed by atoms with Crippen molar-refractivity contribution in [3.63, 3.8) is 0 Å². The molecule has 0 spiro atoms. The zero-order valence-corrected chi connectivity index (χ0v) is 23.3. The molecule has 4 heterocycles. The molecule has 4 nitrogen and oxygen atoms in total. The zero-order chi connectivity index (χ0) is 26.9. The maximum absolute atomic E-state index is 5.12. The lowest BCUT2D eigenvalue weighted by Gasteiger charge is -2.11. The van der Waals surface area contributed by atoms with E-state index in [2.05, 4.69) is 89.5 Å². The summed E-state index contributed by atoms with van der Waals surface area (Å²) in [5.74, 6) is 1.94. The van der Waals surface area contributed by atoms with Crippen LogP contribution in [0.25, 0.3) is 80.1 Å². The fraction of sp³-hybridized carbons (Fsp3) is 0. The van der Waals surface area contributed by atoms with Gasteiger partial charge in [-0.05, 0) is 12.1 Å². The van der Waals surface area contributed by atoms with E-state index in [0.717, 1.165) is 22.2 Å². The summed E-state index contributed by atoms with van der Waals surface area (Å²) in [4.78, 5) is 15.2. The number of nitrogens with zero attached hydrogens (tertiary/aromatic N) is 4. The third-order valence-corrected chi connectivity index (χ3v) is 10.3. The Balaban J connectivity index is 1.43. The molecular weight excluding hydrogens is 541 g/mol. The summed E-state index contributed by atoms with van der Waals surface area (Å²) in [6.07, 6.45) is 0. The van der Waals surface area contributed by atoms with Crippen LogP contribution in [0.1, 0.15) is 0 Å². The predicted octanol–water partition coefficient (Wildman–Crippen LogP) is 9.89. The Labute approximate surface area is 242 Å². The van der Waals surface area contributed by atoms with Crippen LogP contribution in [0.15, 0.2) is 121 Å². The van der Waals surface area contributed by atoms with E-state index in [1.54, 1.807) is 0 Å². The third-order valence-electron chi connectivity index (χ3n) is 7.68. The van der Waals surface area contributed by atoms with E-state index in [0.29, 0.717) is 17.6 Å². The van der Waals surface area contributed by atoms with E-state index >= 15 is 0 Å². The molecule has 6 heteroatoms. The molecule has 0 fully saturated rings.